The van der Waals surface area contributed by atoms with E-state index in [4.69, 9.17) is 41.2 Å². The molecule has 2 rings (SSSR count). The summed E-state index contributed by atoms with van der Waals surface area (Å²) in [5.41, 5.74) is 9.76. The van der Waals surface area contributed by atoms with Crippen LogP contribution in [0.4, 0.5) is 0 Å². The van der Waals surface area contributed by atoms with Gasteiger partial charge in [0.25, 0.3) is 0 Å². The van der Waals surface area contributed by atoms with Crippen LogP contribution in [0.3, 0.4) is 0 Å². The standard InChI is InChI=1S/C10H9Cl2N3S2/c11-5-3-6-8(14-15-10(13)16)1-2-17-9(6)7(12)4-5/h3-4H,1-2H2,(H3,13,15,16)/b14-8+. The summed E-state index contributed by atoms with van der Waals surface area (Å²) in [6.45, 7) is 0. The van der Waals surface area contributed by atoms with E-state index >= 15 is 0 Å². The molecule has 0 radical (unpaired) electrons. The summed E-state index contributed by atoms with van der Waals surface area (Å²) in [6, 6.07) is 3.59. The third kappa shape index (κ3) is 3.04. The monoisotopic (exact) mass is 305 g/mol. The average Bonchev–Trinajstić information content (AvgIpc) is 2.26. The van der Waals surface area contributed by atoms with Crippen molar-refractivity contribution in [2.24, 2.45) is 10.8 Å². The summed E-state index contributed by atoms with van der Waals surface area (Å²) in [5, 5.41) is 5.57. The van der Waals surface area contributed by atoms with Crippen LogP contribution in [-0.2, 0) is 0 Å². The second-order valence-corrected chi connectivity index (χ2v) is 5.79. The minimum absolute atomic E-state index is 0.144. The zero-order valence-electron chi connectivity index (χ0n) is 8.67. The van der Waals surface area contributed by atoms with Gasteiger partial charge in [-0.25, -0.2) is 0 Å². The van der Waals surface area contributed by atoms with Crippen molar-refractivity contribution in [3.63, 3.8) is 0 Å². The lowest BCUT2D eigenvalue weighted by atomic mass is 10.1. The second-order valence-electron chi connectivity index (χ2n) is 3.40. The lowest BCUT2D eigenvalue weighted by molar-refractivity contribution is 1.01. The molecule has 90 valence electrons. The van der Waals surface area contributed by atoms with Gasteiger partial charge < -0.3 is 5.73 Å². The molecule has 1 aromatic rings. The summed E-state index contributed by atoms with van der Waals surface area (Å²) < 4.78 is 0. The Kier molecular flexibility index (Phi) is 4.14. The number of thiocarbonyl (C=S) groups is 1. The van der Waals surface area contributed by atoms with Crippen LogP contribution in [0.25, 0.3) is 0 Å². The molecular weight excluding hydrogens is 297 g/mol. The lowest BCUT2D eigenvalue weighted by Gasteiger charge is -2.18. The summed E-state index contributed by atoms with van der Waals surface area (Å²) in [6.07, 6.45) is 0.823. The van der Waals surface area contributed by atoms with E-state index < -0.39 is 0 Å². The Bertz CT molecular complexity index is 503. The number of rotatable bonds is 1. The van der Waals surface area contributed by atoms with Gasteiger partial charge in [-0.15, -0.1) is 11.8 Å². The Hall–Kier alpha value is -0.490. The van der Waals surface area contributed by atoms with Gasteiger partial charge in [0.15, 0.2) is 5.11 Å². The maximum Gasteiger partial charge on any atom is 0.184 e. The van der Waals surface area contributed by atoms with Crippen LogP contribution in [0.1, 0.15) is 12.0 Å². The number of hydrogen-bond donors (Lipinski definition) is 2. The minimum atomic E-state index is 0.144. The molecule has 1 heterocycles. The van der Waals surface area contributed by atoms with Crippen molar-refractivity contribution in [1.82, 2.24) is 5.43 Å². The van der Waals surface area contributed by atoms with Crippen LogP contribution in [-0.4, -0.2) is 16.6 Å². The first-order valence-corrected chi connectivity index (χ1v) is 6.97. The predicted octanol–water partition coefficient (Wildman–Crippen LogP) is 3.03. The fourth-order valence-corrected chi connectivity index (χ4v) is 3.28. The molecule has 0 atom stereocenters. The topological polar surface area (TPSA) is 50.4 Å². The second kappa shape index (κ2) is 5.44. The molecule has 0 spiro atoms. The maximum absolute atomic E-state index is 6.14. The van der Waals surface area contributed by atoms with Crippen LogP contribution < -0.4 is 11.2 Å². The average molecular weight is 306 g/mol. The van der Waals surface area contributed by atoms with Crippen molar-refractivity contribution in [2.45, 2.75) is 11.3 Å². The largest absolute Gasteiger partial charge is 0.375 e. The Balaban J connectivity index is 2.43. The van der Waals surface area contributed by atoms with Gasteiger partial charge in [-0.1, -0.05) is 23.2 Å². The molecule has 0 saturated heterocycles. The van der Waals surface area contributed by atoms with Crippen LogP contribution in [0.5, 0.6) is 0 Å². The number of hydrogen-bond acceptors (Lipinski definition) is 3. The zero-order valence-corrected chi connectivity index (χ0v) is 11.8. The molecule has 0 aromatic heterocycles. The van der Waals surface area contributed by atoms with Gasteiger partial charge in [0.2, 0.25) is 0 Å². The number of benzene rings is 1. The van der Waals surface area contributed by atoms with Gasteiger partial charge in [-0.2, -0.15) is 5.10 Å². The molecule has 3 N–H and O–H groups in total. The van der Waals surface area contributed by atoms with E-state index in [0.29, 0.717) is 10.0 Å². The van der Waals surface area contributed by atoms with Crippen LogP contribution in [0.2, 0.25) is 10.0 Å². The minimum Gasteiger partial charge on any atom is -0.375 e. The van der Waals surface area contributed by atoms with E-state index in [1.807, 2.05) is 6.07 Å². The van der Waals surface area contributed by atoms with Crippen LogP contribution >= 0.6 is 47.2 Å². The SMILES string of the molecule is NC(=S)N/N=C1\CCSc2c(Cl)cc(Cl)cc21. The number of nitrogens with one attached hydrogen (secondary N) is 1. The number of nitrogens with zero attached hydrogens (tertiary/aromatic N) is 1. The van der Waals surface area contributed by atoms with Crippen molar-refractivity contribution < 1.29 is 0 Å². The number of halogens is 2. The van der Waals surface area contributed by atoms with Crippen molar-refractivity contribution >= 4 is 58.0 Å². The Morgan fingerprint density at radius 2 is 2.24 bits per heavy atom. The lowest BCUT2D eigenvalue weighted by Crippen LogP contribution is -2.26. The fourth-order valence-electron chi connectivity index (χ4n) is 1.54. The highest BCUT2D eigenvalue weighted by Crippen LogP contribution is 2.38. The quantitative estimate of drug-likeness (QED) is 0.618. The van der Waals surface area contributed by atoms with Crippen LogP contribution in [0, 0.1) is 0 Å². The van der Waals surface area contributed by atoms with Gasteiger partial charge in [0.05, 0.1) is 10.7 Å². The maximum atomic E-state index is 6.14. The Morgan fingerprint density at radius 1 is 1.47 bits per heavy atom. The molecule has 1 aromatic carbocycles. The molecule has 0 aliphatic carbocycles. The molecule has 0 bridgehead atoms. The highest BCUT2D eigenvalue weighted by atomic mass is 35.5. The molecule has 1 aliphatic rings. The van der Waals surface area contributed by atoms with Crippen molar-refractivity contribution in [2.75, 3.05) is 5.75 Å². The summed E-state index contributed by atoms with van der Waals surface area (Å²) in [7, 11) is 0. The molecule has 7 heteroatoms. The van der Waals surface area contributed by atoms with Crippen molar-refractivity contribution in [1.29, 1.82) is 0 Å². The zero-order chi connectivity index (χ0) is 12.4. The fraction of sp³-hybridized carbons (Fsp3) is 0.200. The van der Waals surface area contributed by atoms with E-state index in [9.17, 15) is 0 Å². The molecule has 0 unspecified atom stereocenters. The molecular formula is C10H9Cl2N3S2. The predicted molar refractivity (Wildman–Crippen MR) is 78.3 cm³/mol. The van der Waals surface area contributed by atoms with Gasteiger partial charge in [-0.3, -0.25) is 5.43 Å². The third-order valence-electron chi connectivity index (χ3n) is 2.21. The summed E-state index contributed by atoms with van der Waals surface area (Å²) in [4.78, 5) is 1.01. The van der Waals surface area contributed by atoms with E-state index in [1.165, 1.54) is 0 Å². The Morgan fingerprint density at radius 3 is 2.94 bits per heavy atom. The first-order valence-electron chi connectivity index (χ1n) is 4.82. The van der Waals surface area contributed by atoms with Crippen LogP contribution in [0.15, 0.2) is 22.1 Å². The highest BCUT2D eigenvalue weighted by Gasteiger charge is 2.19. The van der Waals surface area contributed by atoms with Crippen molar-refractivity contribution in [3.8, 4) is 0 Å². The number of thioether (sulfide) groups is 1. The molecule has 0 fully saturated rings. The summed E-state index contributed by atoms with van der Waals surface area (Å²) in [5.74, 6) is 0.923. The van der Waals surface area contributed by atoms with E-state index in [2.05, 4.69) is 10.5 Å². The Labute approximate surface area is 119 Å². The molecule has 0 saturated carbocycles. The van der Waals surface area contributed by atoms with Crippen molar-refractivity contribution in [3.05, 3.63) is 27.7 Å². The number of fused-ring (bicyclic) bond motifs is 1. The van der Waals surface area contributed by atoms with Gasteiger partial charge in [0, 0.05) is 27.7 Å². The van der Waals surface area contributed by atoms with Gasteiger partial charge in [-0.05, 0) is 24.4 Å². The molecule has 1 aliphatic heterocycles. The summed E-state index contributed by atoms with van der Waals surface area (Å²) >= 11 is 18.5. The van der Waals surface area contributed by atoms with Gasteiger partial charge in [0.1, 0.15) is 0 Å². The third-order valence-corrected chi connectivity index (χ3v) is 4.06. The highest BCUT2D eigenvalue weighted by molar-refractivity contribution is 7.99. The smallest absolute Gasteiger partial charge is 0.184 e. The van der Waals surface area contributed by atoms with E-state index in [0.717, 1.165) is 28.3 Å². The molecule has 3 nitrogen and oxygen atoms in total. The number of hydrazone groups is 1. The molecule has 0 amide bonds. The first-order chi connectivity index (χ1) is 8.08. The number of nitrogens with two attached hydrogens (primary N) is 1. The first kappa shape index (κ1) is 13.0. The van der Waals surface area contributed by atoms with E-state index in [1.54, 1.807) is 17.8 Å². The normalized spacial score (nSPS) is 16.7. The van der Waals surface area contributed by atoms with Gasteiger partial charge >= 0.3 is 0 Å². The van der Waals surface area contributed by atoms with E-state index in [-0.39, 0.29) is 5.11 Å². The molecule has 17 heavy (non-hydrogen) atoms.